The zero-order valence-corrected chi connectivity index (χ0v) is 11.6. The normalized spacial score (nSPS) is 14.8. The summed E-state index contributed by atoms with van der Waals surface area (Å²) < 4.78 is 10.0. The minimum Gasteiger partial charge on any atom is -0.385 e. The highest BCUT2D eigenvalue weighted by Gasteiger charge is 2.21. The number of hydrogen-bond acceptors (Lipinski definition) is 4. The third kappa shape index (κ3) is 6.93. The average Bonchev–Trinajstić information content (AvgIpc) is 3.17. The number of nitrogens with one attached hydrogen (secondary N) is 1. The number of rotatable bonds is 11. The second kappa shape index (κ2) is 9.30. The molecule has 0 saturated heterocycles. The van der Waals surface area contributed by atoms with Gasteiger partial charge in [-0.05, 0) is 31.7 Å². The van der Waals surface area contributed by atoms with Crippen molar-refractivity contribution in [3.8, 4) is 0 Å². The Hall–Kier alpha value is -0.650. The highest BCUT2D eigenvalue weighted by Crippen LogP contribution is 2.27. The van der Waals surface area contributed by atoms with E-state index in [0.29, 0.717) is 26.3 Å². The monoisotopic (exact) mass is 258 g/mol. The quantitative estimate of drug-likeness (QED) is 0.548. The van der Waals surface area contributed by atoms with Crippen molar-refractivity contribution in [1.82, 2.24) is 10.2 Å². The third-order valence-electron chi connectivity index (χ3n) is 3.10. The molecule has 1 N–H and O–H groups in total. The van der Waals surface area contributed by atoms with Crippen molar-refractivity contribution in [2.75, 3.05) is 53.6 Å². The van der Waals surface area contributed by atoms with Crippen LogP contribution in [0.2, 0.25) is 0 Å². The molecule has 0 aliphatic heterocycles. The lowest BCUT2D eigenvalue weighted by molar-refractivity contribution is -0.131. The minimum absolute atomic E-state index is 0.156. The Labute approximate surface area is 110 Å². The number of methoxy groups -OCH3 is 2. The van der Waals surface area contributed by atoms with E-state index in [-0.39, 0.29) is 5.91 Å². The van der Waals surface area contributed by atoms with E-state index in [1.165, 1.54) is 12.8 Å². The first-order valence-corrected chi connectivity index (χ1v) is 6.74. The van der Waals surface area contributed by atoms with Gasteiger partial charge in [0.1, 0.15) is 0 Å². The van der Waals surface area contributed by atoms with Crippen LogP contribution in [-0.2, 0) is 14.3 Å². The summed E-state index contributed by atoms with van der Waals surface area (Å²) in [7, 11) is 3.33. The fourth-order valence-corrected chi connectivity index (χ4v) is 1.78. The molecule has 5 nitrogen and oxygen atoms in total. The SMILES string of the molecule is COCCCN(CCOC)C(=O)CNCC1CC1. The highest BCUT2D eigenvalue weighted by atomic mass is 16.5. The molecule has 0 atom stereocenters. The first-order valence-electron chi connectivity index (χ1n) is 6.74. The number of nitrogens with zero attached hydrogens (tertiary/aromatic N) is 1. The standard InChI is InChI=1S/C13H26N2O3/c1-17-8-3-6-15(7-9-18-2)13(16)11-14-10-12-4-5-12/h12,14H,3-11H2,1-2H3. The van der Waals surface area contributed by atoms with E-state index in [1.54, 1.807) is 14.2 Å². The maximum Gasteiger partial charge on any atom is 0.236 e. The summed E-state index contributed by atoms with van der Waals surface area (Å²) in [6.07, 6.45) is 3.49. The number of carbonyl (C=O) groups excluding carboxylic acids is 1. The molecule has 0 unspecified atom stereocenters. The lowest BCUT2D eigenvalue weighted by Gasteiger charge is -2.22. The summed E-state index contributed by atoms with van der Waals surface area (Å²) in [5, 5.41) is 3.23. The fourth-order valence-electron chi connectivity index (χ4n) is 1.78. The van der Waals surface area contributed by atoms with Gasteiger partial charge in [-0.1, -0.05) is 0 Å². The lowest BCUT2D eigenvalue weighted by atomic mass is 10.3. The van der Waals surface area contributed by atoms with E-state index < -0.39 is 0 Å². The van der Waals surface area contributed by atoms with Crippen molar-refractivity contribution in [3.63, 3.8) is 0 Å². The van der Waals surface area contributed by atoms with E-state index in [9.17, 15) is 4.79 Å². The molecular weight excluding hydrogens is 232 g/mol. The van der Waals surface area contributed by atoms with E-state index in [2.05, 4.69) is 5.32 Å². The summed E-state index contributed by atoms with van der Waals surface area (Å²) in [6.45, 7) is 4.08. The van der Waals surface area contributed by atoms with Gasteiger partial charge in [-0.2, -0.15) is 0 Å². The van der Waals surface area contributed by atoms with Crippen molar-refractivity contribution in [1.29, 1.82) is 0 Å². The molecule has 1 amide bonds. The van der Waals surface area contributed by atoms with Crippen LogP contribution in [0.25, 0.3) is 0 Å². The maximum absolute atomic E-state index is 12.0. The van der Waals surface area contributed by atoms with Crippen molar-refractivity contribution < 1.29 is 14.3 Å². The van der Waals surface area contributed by atoms with Gasteiger partial charge in [0.2, 0.25) is 5.91 Å². The first kappa shape index (κ1) is 15.4. The Balaban J connectivity index is 2.18. The minimum atomic E-state index is 0.156. The first-order chi connectivity index (χ1) is 8.77. The number of ether oxygens (including phenoxy) is 2. The van der Waals surface area contributed by atoms with Crippen LogP contribution in [0.15, 0.2) is 0 Å². The van der Waals surface area contributed by atoms with Gasteiger partial charge in [-0.15, -0.1) is 0 Å². The highest BCUT2D eigenvalue weighted by molar-refractivity contribution is 5.78. The number of carbonyl (C=O) groups is 1. The van der Waals surface area contributed by atoms with Crippen LogP contribution in [0.4, 0.5) is 0 Å². The Kier molecular flexibility index (Phi) is 7.96. The van der Waals surface area contributed by atoms with Gasteiger partial charge in [0, 0.05) is 33.9 Å². The smallest absolute Gasteiger partial charge is 0.236 e. The van der Waals surface area contributed by atoms with Crippen molar-refractivity contribution in [3.05, 3.63) is 0 Å². The second-order valence-electron chi connectivity index (χ2n) is 4.79. The summed E-state index contributed by atoms with van der Waals surface area (Å²) >= 11 is 0. The molecule has 0 spiro atoms. The molecule has 0 heterocycles. The topological polar surface area (TPSA) is 50.8 Å². The van der Waals surface area contributed by atoms with Crippen LogP contribution in [0, 0.1) is 5.92 Å². The Bertz CT molecular complexity index is 232. The molecule has 0 aromatic heterocycles. The third-order valence-corrected chi connectivity index (χ3v) is 3.10. The van der Waals surface area contributed by atoms with Gasteiger partial charge in [0.15, 0.2) is 0 Å². The van der Waals surface area contributed by atoms with Crippen LogP contribution in [0.3, 0.4) is 0 Å². The summed E-state index contributed by atoms with van der Waals surface area (Å²) in [6, 6.07) is 0. The average molecular weight is 258 g/mol. The predicted molar refractivity (Wildman–Crippen MR) is 70.5 cm³/mol. The van der Waals surface area contributed by atoms with Crippen molar-refractivity contribution in [2.24, 2.45) is 5.92 Å². The Morgan fingerprint density at radius 2 is 1.94 bits per heavy atom. The molecule has 0 aromatic rings. The molecule has 106 valence electrons. The van der Waals surface area contributed by atoms with Gasteiger partial charge >= 0.3 is 0 Å². The van der Waals surface area contributed by atoms with Crippen LogP contribution >= 0.6 is 0 Å². The molecule has 1 saturated carbocycles. The molecular formula is C13H26N2O3. The van der Waals surface area contributed by atoms with E-state index in [0.717, 1.165) is 25.4 Å². The van der Waals surface area contributed by atoms with Crippen LogP contribution in [0.1, 0.15) is 19.3 Å². The van der Waals surface area contributed by atoms with Gasteiger partial charge in [0.05, 0.1) is 13.2 Å². The van der Waals surface area contributed by atoms with Gasteiger partial charge in [0.25, 0.3) is 0 Å². The number of amides is 1. The molecule has 18 heavy (non-hydrogen) atoms. The zero-order chi connectivity index (χ0) is 13.2. The largest absolute Gasteiger partial charge is 0.385 e. The molecule has 1 aliphatic carbocycles. The van der Waals surface area contributed by atoms with E-state index in [4.69, 9.17) is 9.47 Å². The summed E-state index contributed by atoms with van der Waals surface area (Å²) in [4.78, 5) is 13.9. The summed E-state index contributed by atoms with van der Waals surface area (Å²) in [5.41, 5.74) is 0. The van der Waals surface area contributed by atoms with E-state index >= 15 is 0 Å². The van der Waals surface area contributed by atoms with E-state index in [1.807, 2.05) is 4.90 Å². The van der Waals surface area contributed by atoms with Gasteiger partial charge in [-0.25, -0.2) is 0 Å². The molecule has 0 radical (unpaired) electrons. The molecule has 1 fully saturated rings. The second-order valence-corrected chi connectivity index (χ2v) is 4.79. The Morgan fingerprint density at radius 1 is 1.22 bits per heavy atom. The molecule has 1 aliphatic rings. The zero-order valence-electron chi connectivity index (χ0n) is 11.6. The predicted octanol–water partition coefficient (Wildman–Crippen LogP) is 0.498. The Morgan fingerprint density at radius 3 is 2.56 bits per heavy atom. The van der Waals surface area contributed by atoms with Crippen molar-refractivity contribution >= 4 is 5.91 Å². The van der Waals surface area contributed by atoms with Crippen molar-refractivity contribution in [2.45, 2.75) is 19.3 Å². The lowest BCUT2D eigenvalue weighted by Crippen LogP contribution is -2.41. The molecule has 1 rings (SSSR count). The van der Waals surface area contributed by atoms with Crippen LogP contribution in [0.5, 0.6) is 0 Å². The summed E-state index contributed by atoms with van der Waals surface area (Å²) in [5.74, 6) is 0.961. The fraction of sp³-hybridized carbons (Fsp3) is 0.923. The molecule has 0 aromatic carbocycles. The molecule has 0 bridgehead atoms. The van der Waals surface area contributed by atoms with Gasteiger partial charge in [-0.3, -0.25) is 4.79 Å². The van der Waals surface area contributed by atoms with Crippen LogP contribution < -0.4 is 5.32 Å². The van der Waals surface area contributed by atoms with Crippen LogP contribution in [-0.4, -0.2) is 64.4 Å². The number of hydrogen-bond donors (Lipinski definition) is 1. The maximum atomic E-state index is 12.0. The van der Waals surface area contributed by atoms with Gasteiger partial charge < -0.3 is 19.7 Å². The molecule has 5 heteroatoms.